The van der Waals surface area contributed by atoms with Crippen LogP contribution in [-0.2, 0) is 0 Å². The number of benzene rings is 2. The number of hydrogen-bond donors (Lipinski definition) is 1. The summed E-state index contributed by atoms with van der Waals surface area (Å²) >= 11 is 19.2. The standard InChI is InChI=1S/C28H25Cl3N4O2/c1-3-35(4-2)27-20(28(36)34-22-9-10-37-23-8-6-5-7-19(22)23)14-32-25-24(21(31)15-33-26(25)27)16-11-17(29)13-18(30)12-16/h5-8,11-15,22H,3-4,9-10H2,1-2H3,(H,34,36)/t22-/m0/s1. The predicted molar refractivity (Wildman–Crippen MR) is 150 cm³/mol. The monoisotopic (exact) mass is 554 g/mol. The molecule has 37 heavy (non-hydrogen) atoms. The van der Waals surface area contributed by atoms with Gasteiger partial charge in [-0.1, -0.05) is 53.0 Å². The van der Waals surface area contributed by atoms with Crippen LogP contribution in [0.3, 0.4) is 0 Å². The number of fused-ring (bicyclic) bond motifs is 2. The van der Waals surface area contributed by atoms with Crippen LogP contribution in [0.2, 0.25) is 15.1 Å². The van der Waals surface area contributed by atoms with Gasteiger partial charge in [-0.25, -0.2) is 0 Å². The first kappa shape index (κ1) is 25.6. The van der Waals surface area contributed by atoms with Gasteiger partial charge in [-0.2, -0.15) is 0 Å². The Balaban J connectivity index is 1.65. The van der Waals surface area contributed by atoms with Crippen molar-refractivity contribution in [1.82, 2.24) is 15.3 Å². The first-order valence-electron chi connectivity index (χ1n) is 12.1. The fourth-order valence-electron chi connectivity index (χ4n) is 4.82. The van der Waals surface area contributed by atoms with Crippen molar-refractivity contribution in [3.63, 3.8) is 0 Å². The average Bonchev–Trinajstić information content (AvgIpc) is 2.88. The molecule has 190 valence electrons. The first-order valence-corrected chi connectivity index (χ1v) is 13.3. The minimum atomic E-state index is -0.220. The fourth-order valence-corrected chi connectivity index (χ4v) is 5.60. The molecule has 9 heteroatoms. The molecule has 0 spiro atoms. The second kappa shape index (κ2) is 10.7. The van der Waals surface area contributed by atoms with E-state index in [9.17, 15) is 4.79 Å². The number of pyridine rings is 2. The molecule has 1 atom stereocenters. The maximum atomic E-state index is 13.7. The maximum Gasteiger partial charge on any atom is 0.255 e. The second-order valence-corrected chi connectivity index (χ2v) is 10.0. The average molecular weight is 556 g/mol. The zero-order chi connectivity index (χ0) is 26.1. The molecular weight excluding hydrogens is 531 g/mol. The molecule has 2 aromatic carbocycles. The van der Waals surface area contributed by atoms with Crippen LogP contribution in [0.5, 0.6) is 5.75 Å². The van der Waals surface area contributed by atoms with E-state index in [4.69, 9.17) is 44.5 Å². The van der Waals surface area contributed by atoms with Gasteiger partial charge in [0.1, 0.15) is 16.8 Å². The topological polar surface area (TPSA) is 67.4 Å². The van der Waals surface area contributed by atoms with Crippen LogP contribution < -0.4 is 15.0 Å². The van der Waals surface area contributed by atoms with Crippen molar-refractivity contribution in [2.24, 2.45) is 0 Å². The lowest BCUT2D eigenvalue weighted by molar-refractivity contribution is 0.0925. The number of para-hydroxylation sites is 1. The van der Waals surface area contributed by atoms with Gasteiger partial charge < -0.3 is 15.0 Å². The molecule has 6 nitrogen and oxygen atoms in total. The quantitative estimate of drug-likeness (QED) is 0.269. The zero-order valence-electron chi connectivity index (χ0n) is 20.4. The highest BCUT2D eigenvalue weighted by Gasteiger charge is 2.27. The third kappa shape index (κ3) is 4.93. The molecule has 3 heterocycles. The van der Waals surface area contributed by atoms with Gasteiger partial charge in [0.15, 0.2) is 0 Å². The van der Waals surface area contributed by atoms with Crippen molar-refractivity contribution < 1.29 is 9.53 Å². The normalized spacial score (nSPS) is 14.7. The summed E-state index contributed by atoms with van der Waals surface area (Å²) in [4.78, 5) is 25.2. The van der Waals surface area contributed by atoms with Gasteiger partial charge in [0.25, 0.3) is 5.91 Å². The Morgan fingerprint density at radius 3 is 2.46 bits per heavy atom. The number of carbonyl (C=O) groups excluding carboxylic acids is 1. The number of halogens is 3. The molecular formula is C28H25Cl3N4O2. The number of amides is 1. The van der Waals surface area contributed by atoms with E-state index in [0.29, 0.717) is 69.0 Å². The van der Waals surface area contributed by atoms with Crippen LogP contribution in [0.25, 0.3) is 22.2 Å². The Bertz CT molecular complexity index is 1470. The lowest BCUT2D eigenvalue weighted by Crippen LogP contribution is -2.34. The van der Waals surface area contributed by atoms with Crippen LogP contribution in [-0.4, -0.2) is 35.6 Å². The zero-order valence-corrected chi connectivity index (χ0v) is 22.7. The summed E-state index contributed by atoms with van der Waals surface area (Å²) in [5.41, 5.74) is 4.66. The lowest BCUT2D eigenvalue weighted by atomic mass is 9.99. The third-order valence-corrected chi connectivity index (χ3v) is 7.27. The summed E-state index contributed by atoms with van der Waals surface area (Å²) in [5, 5.41) is 4.59. The molecule has 0 radical (unpaired) electrons. The Kier molecular flexibility index (Phi) is 7.43. The summed E-state index contributed by atoms with van der Waals surface area (Å²) in [6.45, 7) is 5.98. The number of ether oxygens (including phenoxy) is 1. The van der Waals surface area contributed by atoms with Gasteiger partial charge in [0.05, 0.1) is 28.9 Å². The molecule has 4 aromatic rings. The molecule has 0 fully saturated rings. The lowest BCUT2D eigenvalue weighted by Gasteiger charge is -2.28. The van der Waals surface area contributed by atoms with E-state index >= 15 is 0 Å². The van der Waals surface area contributed by atoms with E-state index in [-0.39, 0.29) is 11.9 Å². The summed E-state index contributed by atoms with van der Waals surface area (Å²) < 4.78 is 5.77. The van der Waals surface area contributed by atoms with Gasteiger partial charge in [0.2, 0.25) is 0 Å². The van der Waals surface area contributed by atoms with Crippen LogP contribution >= 0.6 is 34.8 Å². The summed E-state index contributed by atoms with van der Waals surface area (Å²) in [6.07, 6.45) is 3.86. The van der Waals surface area contributed by atoms with E-state index in [2.05, 4.69) is 15.2 Å². The maximum absolute atomic E-state index is 13.7. The summed E-state index contributed by atoms with van der Waals surface area (Å²) in [7, 11) is 0. The van der Waals surface area contributed by atoms with Crippen LogP contribution in [0.4, 0.5) is 5.69 Å². The number of carbonyl (C=O) groups is 1. The van der Waals surface area contributed by atoms with Crippen molar-refractivity contribution in [2.75, 3.05) is 24.6 Å². The number of nitrogens with zero attached hydrogens (tertiary/aromatic N) is 3. The molecule has 1 N–H and O–H groups in total. The van der Waals surface area contributed by atoms with E-state index in [1.54, 1.807) is 30.6 Å². The van der Waals surface area contributed by atoms with Crippen molar-refractivity contribution in [1.29, 1.82) is 0 Å². The first-order chi connectivity index (χ1) is 17.9. The van der Waals surface area contributed by atoms with E-state index in [0.717, 1.165) is 16.9 Å². The second-order valence-electron chi connectivity index (χ2n) is 8.73. The summed E-state index contributed by atoms with van der Waals surface area (Å²) in [5.74, 6) is 0.572. The minimum absolute atomic E-state index is 0.167. The molecule has 5 rings (SSSR count). The Morgan fingerprint density at radius 1 is 1.03 bits per heavy atom. The molecule has 1 aliphatic heterocycles. The van der Waals surface area contributed by atoms with Crippen LogP contribution in [0.15, 0.2) is 54.9 Å². The van der Waals surface area contributed by atoms with E-state index in [1.807, 2.05) is 38.1 Å². The van der Waals surface area contributed by atoms with Crippen molar-refractivity contribution in [2.45, 2.75) is 26.3 Å². The van der Waals surface area contributed by atoms with E-state index < -0.39 is 0 Å². The van der Waals surface area contributed by atoms with Crippen molar-refractivity contribution in [3.05, 3.63) is 81.1 Å². The molecule has 0 unspecified atom stereocenters. The Labute approximate surface area is 230 Å². The van der Waals surface area contributed by atoms with Gasteiger partial charge in [-0.15, -0.1) is 0 Å². The molecule has 1 aliphatic rings. The predicted octanol–water partition coefficient (Wildman–Crippen LogP) is 7.36. The number of anilines is 1. The highest BCUT2D eigenvalue weighted by Crippen LogP contribution is 2.40. The number of nitrogens with one attached hydrogen (secondary N) is 1. The SMILES string of the molecule is CCN(CC)c1c(C(=O)N[C@H]2CCOc3ccccc32)cnc2c(-c3cc(Cl)cc(Cl)c3)c(Cl)cnc12. The highest BCUT2D eigenvalue weighted by atomic mass is 35.5. The molecule has 0 bridgehead atoms. The number of aromatic nitrogens is 2. The molecule has 0 saturated heterocycles. The minimum Gasteiger partial charge on any atom is -0.493 e. The fraction of sp³-hybridized carbons (Fsp3) is 0.250. The summed E-state index contributed by atoms with van der Waals surface area (Å²) in [6, 6.07) is 12.8. The number of rotatable bonds is 6. The van der Waals surface area contributed by atoms with Gasteiger partial charge in [-0.05, 0) is 43.7 Å². The van der Waals surface area contributed by atoms with Gasteiger partial charge >= 0.3 is 0 Å². The Hall–Kier alpha value is -3.06. The van der Waals surface area contributed by atoms with E-state index in [1.165, 1.54) is 0 Å². The number of hydrogen-bond acceptors (Lipinski definition) is 5. The van der Waals surface area contributed by atoms with Crippen molar-refractivity contribution >= 4 is 57.4 Å². The highest BCUT2D eigenvalue weighted by molar-refractivity contribution is 6.37. The smallest absolute Gasteiger partial charge is 0.255 e. The van der Waals surface area contributed by atoms with Crippen LogP contribution in [0.1, 0.15) is 42.2 Å². The molecule has 2 aromatic heterocycles. The Morgan fingerprint density at radius 2 is 1.73 bits per heavy atom. The third-order valence-electron chi connectivity index (χ3n) is 6.55. The molecule has 0 aliphatic carbocycles. The molecule has 1 amide bonds. The van der Waals surface area contributed by atoms with Crippen LogP contribution in [0, 0.1) is 0 Å². The van der Waals surface area contributed by atoms with Crippen molar-refractivity contribution in [3.8, 4) is 16.9 Å². The molecule has 0 saturated carbocycles. The van der Waals surface area contributed by atoms with Gasteiger partial charge in [-0.3, -0.25) is 14.8 Å². The van der Waals surface area contributed by atoms with Gasteiger partial charge in [0, 0.05) is 53.1 Å². The largest absolute Gasteiger partial charge is 0.493 e.